The first-order chi connectivity index (χ1) is 14.0. The van der Waals surface area contributed by atoms with Crippen molar-refractivity contribution in [1.29, 1.82) is 0 Å². The van der Waals surface area contributed by atoms with Crippen LogP contribution in [-0.2, 0) is 28.7 Å². The molecule has 0 radical (unpaired) electrons. The standard InChI is InChI=1S/C18H33N5O7/c1-10(15(26)22-11(2)18(29)30-3)21-17(28)13(6-4-5-9-19)23-16(27)12(20)7-8-14(24)25/h10-13H,4-9,19-20H2,1-3H3,(H,21,28)(H,22,26)(H,23,27)(H,24,25)/t10-,11-,12-,13+/m1/s1. The number of amides is 3. The molecule has 0 aromatic heterocycles. The van der Waals surface area contributed by atoms with Gasteiger partial charge in [0.15, 0.2) is 0 Å². The Morgan fingerprint density at radius 1 is 0.900 bits per heavy atom. The van der Waals surface area contributed by atoms with Crippen molar-refractivity contribution in [3.05, 3.63) is 0 Å². The van der Waals surface area contributed by atoms with Crippen LogP contribution >= 0.6 is 0 Å². The van der Waals surface area contributed by atoms with Crippen LogP contribution in [-0.4, -0.2) is 72.6 Å². The maximum atomic E-state index is 12.6. The van der Waals surface area contributed by atoms with Gasteiger partial charge in [-0.05, 0) is 46.1 Å². The highest BCUT2D eigenvalue weighted by Crippen LogP contribution is 2.04. The average Bonchev–Trinajstić information content (AvgIpc) is 2.69. The molecule has 30 heavy (non-hydrogen) atoms. The maximum Gasteiger partial charge on any atom is 0.328 e. The number of unbranched alkanes of at least 4 members (excludes halogenated alkanes) is 1. The number of carboxylic acids is 1. The quantitative estimate of drug-likeness (QED) is 0.132. The second kappa shape index (κ2) is 14.3. The van der Waals surface area contributed by atoms with E-state index >= 15 is 0 Å². The van der Waals surface area contributed by atoms with Crippen molar-refractivity contribution in [3.8, 4) is 0 Å². The van der Waals surface area contributed by atoms with Gasteiger partial charge >= 0.3 is 11.9 Å². The summed E-state index contributed by atoms with van der Waals surface area (Å²) >= 11 is 0. The predicted molar refractivity (Wildman–Crippen MR) is 107 cm³/mol. The number of rotatable bonds is 14. The highest BCUT2D eigenvalue weighted by Gasteiger charge is 2.27. The van der Waals surface area contributed by atoms with E-state index in [0.29, 0.717) is 19.4 Å². The Hall–Kier alpha value is -2.73. The Kier molecular flexibility index (Phi) is 13.0. The van der Waals surface area contributed by atoms with Crippen LogP contribution in [0.4, 0.5) is 0 Å². The summed E-state index contributed by atoms with van der Waals surface area (Å²) in [5, 5.41) is 16.1. The molecule has 0 aliphatic heterocycles. The van der Waals surface area contributed by atoms with E-state index in [0.717, 1.165) is 0 Å². The summed E-state index contributed by atoms with van der Waals surface area (Å²) in [4.78, 5) is 59.0. The van der Waals surface area contributed by atoms with Gasteiger partial charge in [0.05, 0.1) is 13.2 Å². The largest absolute Gasteiger partial charge is 0.481 e. The predicted octanol–water partition coefficient (Wildman–Crippen LogP) is -2.03. The zero-order valence-corrected chi connectivity index (χ0v) is 17.6. The van der Waals surface area contributed by atoms with Crippen LogP contribution in [0.2, 0.25) is 0 Å². The van der Waals surface area contributed by atoms with E-state index in [1.165, 1.54) is 21.0 Å². The first-order valence-corrected chi connectivity index (χ1v) is 9.69. The minimum absolute atomic E-state index is 0.0808. The van der Waals surface area contributed by atoms with Gasteiger partial charge in [0.2, 0.25) is 17.7 Å². The first-order valence-electron chi connectivity index (χ1n) is 9.69. The van der Waals surface area contributed by atoms with Gasteiger partial charge in [0, 0.05) is 6.42 Å². The van der Waals surface area contributed by atoms with Crippen LogP contribution in [0, 0.1) is 0 Å². The van der Waals surface area contributed by atoms with Gasteiger partial charge in [0.25, 0.3) is 0 Å². The number of ether oxygens (including phenoxy) is 1. The molecule has 4 atom stereocenters. The molecule has 0 unspecified atom stereocenters. The summed E-state index contributed by atoms with van der Waals surface area (Å²) in [6, 6.07) is -3.95. The number of nitrogens with one attached hydrogen (secondary N) is 3. The zero-order chi connectivity index (χ0) is 23.3. The third-order valence-electron chi connectivity index (χ3n) is 4.25. The highest BCUT2D eigenvalue weighted by molar-refractivity contribution is 5.94. The molecular weight excluding hydrogens is 398 g/mol. The van der Waals surface area contributed by atoms with Crippen molar-refractivity contribution >= 4 is 29.7 Å². The number of methoxy groups -OCH3 is 1. The van der Waals surface area contributed by atoms with Gasteiger partial charge in [0.1, 0.15) is 18.1 Å². The van der Waals surface area contributed by atoms with Crippen molar-refractivity contribution in [2.24, 2.45) is 11.5 Å². The summed E-state index contributed by atoms with van der Waals surface area (Å²) in [5.41, 5.74) is 11.1. The fraction of sp³-hybridized carbons (Fsp3) is 0.722. The molecule has 3 amide bonds. The molecule has 12 nitrogen and oxygen atoms in total. The molecule has 0 aromatic carbocycles. The van der Waals surface area contributed by atoms with E-state index in [9.17, 15) is 24.0 Å². The molecular formula is C18H33N5O7. The van der Waals surface area contributed by atoms with Crippen molar-refractivity contribution < 1.29 is 33.8 Å². The number of esters is 1. The summed E-state index contributed by atoms with van der Waals surface area (Å²) < 4.78 is 4.52. The number of nitrogens with two attached hydrogens (primary N) is 2. The highest BCUT2D eigenvalue weighted by atomic mass is 16.5. The fourth-order valence-electron chi connectivity index (χ4n) is 2.40. The summed E-state index contributed by atoms with van der Waals surface area (Å²) in [7, 11) is 1.19. The Labute approximate surface area is 175 Å². The number of carbonyl (C=O) groups excluding carboxylic acids is 4. The lowest BCUT2D eigenvalue weighted by Crippen LogP contribution is -2.56. The Bertz CT molecular complexity index is 614. The minimum atomic E-state index is -1.09. The second-order valence-corrected chi connectivity index (χ2v) is 6.87. The van der Waals surface area contributed by atoms with Gasteiger partial charge in [-0.1, -0.05) is 0 Å². The number of hydrogen-bond acceptors (Lipinski definition) is 8. The molecule has 0 rings (SSSR count). The molecule has 0 bridgehead atoms. The summed E-state index contributed by atoms with van der Waals surface area (Å²) in [6.45, 7) is 3.27. The van der Waals surface area contributed by atoms with Crippen LogP contribution in [0.3, 0.4) is 0 Å². The van der Waals surface area contributed by atoms with Gasteiger partial charge in [-0.3, -0.25) is 19.2 Å². The average molecular weight is 431 g/mol. The van der Waals surface area contributed by atoms with Crippen LogP contribution < -0.4 is 27.4 Å². The zero-order valence-electron chi connectivity index (χ0n) is 17.6. The van der Waals surface area contributed by atoms with Gasteiger partial charge in [-0.2, -0.15) is 0 Å². The van der Waals surface area contributed by atoms with E-state index < -0.39 is 53.8 Å². The SMILES string of the molecule is COC(=O)[C@@H](C)NC(=O)[C@@H](C)NC(=O)[C@H](CCCCN)NC(=O)[C@H](N)CCC(=O)O. The monoisotopic (exact) mass is 431 g/mol. The number of aliphatic carboxylic acids is 1. The molecule has 0 fully saturated rings. The maximum absolute atomic E-state index is 12.6. The third kappa shape index (κ3) is 10.7. The lowest BCUT2D eigenvalue weighted by atomic mass is 10.1. The Morgan fingerprint density at radius 3 is 2.03 bits per heavy atom. The molecule has 0 aliphatic rings. The molecule has 0 aromatic rings. The van der Waals surface area contributed by atoms with E-state index in [1.54, 1.807) is 0 Å². The van der Waals surface area contributed by atoms with Crippen LogP contribution in [0.25, 0.3) is 0 Å². The molecule has 172 valence electrons. The smallest absolute Gasteiger partial charge is 0.328 e. The molecule has 0 saturated carbocycles. The van der Waals surface area contributed by atoms with E-state index in [1.807, 2.05) is 0 Å². The molecule has 0 heterocycles. The molecule has 0 saturated heterocycles. The van der Waals surface area contributed by atoms with Crippen molar-refractivity contribution in [3.63, 3.8) is 0 Å². The van der Waals surface area contributed by atoms with Crippen molar-refractivity contribution in [2.45, 2.75) is 70.1 Å². The minimum Gasteiger partial charge on any atom is -0.481 e. The Morgan fingerprint density at radius 2 is 1.50 bits per heavy atom. The second-order valence-electron chi connectivity index (χ2n) is 6.87. The number of carboxylic acid groups (broad SMARTS) is 1. The Balaban J connectivity index is 4.95. The van der Waals surface area contributed by atoms with Gasteiger partial charge < -0.3 is 37.3 Å². The van der Waals surface area contributed by atoms with Crippen LogP contribution in [0.1, 0.15) is 46.0 Å². The van der Waals surface area contributed by atoms with Gasteiger partial charge in [-0.25, -0.2) is 4.79 Å². The number of carbonyl (C=O) groups is 5. The molecule has 0 aliphatic carbocycles. The lowest BCUT2D eigenvalue weighted by Gasteiger charge is -2.23. The third-order valence-corrected chi connectivity index (χ3v) is 4.25. The lowest BCUT2D eigenvalue weighted by molar-refractivity contribution is -0.144. The topological polar surface area (TPSA) is 203 Å². The van der Waals surface area contributed by atoms with Gasteiger partial charge in [-0.15, -0.1) is 0 Å². The summed E-state index contributed by atoms with van der Waals surface area (Å²) in [5.74, 6) is -3.60. The van der Waals surface area contributed by atoms with E-state index in [4.69, 9.17) is 16.6 Å². The fourth-order valence-corrected chi connectivity index (χ4v) is 2.40. The molecule has 0 spiro atoms. The van der Waals surface area contributed by atoms with E-state index in [2.05, 4.69) is 20.7 Å². The normalized spacial score (nSPS) is 14.6. The molecule has 8 N–H and O–H groups in total. The molecule has 12 heteroatoms. The van der Waals surface area contributed by atoms with E-state index in [-0.39, 0.29) is 19.3 Å². The summed E-state index contributed by atoms with van der Waals surface area (Å²) in [6.07, 6.45) is 1.06. The van der Waals surface area contributed by atoms with Crippen molar-refractivity contribution in [2.75, 3.05) is 13.7 Å². The van der Waals surface area contributed by atoms with Crippen molar-refractivity contribution in [1.82, 2.24) is 16.0 Å². The van der Waals surface area contributed by atoms with Crippen LogP contribution in [0.5, 0.6) is 0 Å². The van der Waals surface area contributed by atoms with Crippen LogP contribution in [0.15, 0.2) is 0 Å². The number of hydrogen-bond donors (Lipinski definition) is 6. The first kappa shape index (κ1) is 27.3.